The van der Waals surface area contributed by atoms with Gasteiger partial charge in [0.2, 0.25) is 0 Å². The smallest absolute Gasteiger partial charge is 0.0582 e. The minimum Gasteiger partial charge on any atom is -0.308 e. The number of aromatic nitrogens is 1. The maximum atomic E-state index is 2.63. The summed E-state index contributed by atoms with van der Waals surface area (Å²) in [6.07, 6.45) is 6.03. The van der Waals surface area contributed by atoms with Crippen molar-refractivity contribution >= 4 is 44.7 Å². The molecule has 0 radical (unpaired) electrons. The van der Waals surface area contributed by atoms with Crippen molar-refractivity contribution in [3.63, 3.8) is 0 Å². The Bertz CT molecular complexity index is 2560. The molecule has 0 N–H and O–H groups in total. The van der Waals surface area contributed by atoms with E-state index in [0.717, 1.165) is 6.42 Å². The molecule has 1 heteroatoms. The van der Waals surface area contributed by atoms with Crippen LogP contribution in [0.5, 0.6) is 0 Å². The number of hydrogen-bond donors (Lipinski definition) is 0. The monoisotopic (exact) mass is 577 g/mol. The van der Waals surface area contributed by atoms with Gasteiger partial charge in [-0.3, -0.25) is 0 Å². The van der Waals surface area contributed by atoms with E-state index in [1.807, 2.05) is 0 Å². The van der Waals surface area contributed by atoms with Crippen LogP contribution in [0.2, 0.25) is 0 Å². The quantitative estimate of drug-likeness (QED) is 0.193. The van der Waals surface area contributed by atoms with Crippen molar-refractivity contribution in [3.05, 3.63) is 147 Å². The summed E-state index contributed by atoms with van der Waals surface area (Å²) < 4.78 is 2.63. The molecule has 0 amide bonds. The van der Waals surface area contributed by atoms with Crippen LogP contribution in [0.25, 0.3) is 61.5 Å². The molecule has 2 aliphatic heterocycles. The normalized spacial score (nSPS) is 18.2. The molecule has 0 bridgehead atoms. The maximum absolute atomic E-state index is 2.63. The molecule has 0 saturated carbocycles. The van der Waals surface area contributed by atoms with Crippen LogP contribution in [0.1, 0.15) is 67.9 Å². The number of fused-ring (bicyclic) bond motifs is 4. The molecule has 0 spiro atoms. The van der Waals surface area contributed by atoms with Gasteiger partial charge in [-0.25, -0.2) is 0 Å². The predicted octanol–water partition coefficient (Wildman–Crippen LogP) is 9.63. The van der Waals surface area contributed by atoms with Crippen molar-refractivity contribution in [1.82, 2.24) is 4.57 Å². The van der Waals surface area contributed by atoms with Gasteiger partial charge in [0.05, 0.1) is 16.7 Å². The van der Waals surface area contributed by atoms with Crippen LogP contribution in [-0.4, -0.2) is 4.57 Å². The maximum Gasteiger partial charge on any atom is 0.0582 e. The predicted molar refractivity (Wildman–Crippen MR) is 190 cm³/mol. The average Bonchev–Trinajstić information content (AvgIpc) is 3.41. The Balaban J connectivity index is 1.19. The first-order valence-electron chi connectivity index (χ1n) is 16.4. The topological polar surface area (TPSA) is 4.93 Å². The van der Waals surface area contributed by atoms with Gasteiger partial charge in [-0.05, 0) is 78.7 Å². The molecule has 6 aromatic carbocycles. The molecule has 1 aliphatic carbocycles. The third-order valence-corrected chi connectivity index (χ3v) is 11.4. The van der Waals surface area contributed by atoms with E-state index in [1.165, 1.54) is 87.6 Å². The Morgan fingerprint density at radius 3 is 2.13 bits per heavy atom. The first-order valence-corrected chi connectivity index (χ1v) is 16.4. The molecule has 1 nitrogen and oxygen atoms in total. The summed E-state index contributed by atoms with van der Waals surface area (Å²) in [6.45, 7) is 9.69. The number of rotatable bonds is 2. The highest BCUT2D eigenvalue weighted by molar-refractivity contribution is 6.14. The van der Waals surface area contributed by atoms with Gasteiger partial charge in [-0.2, -0.15) is 0 Å². The number of hydrogen-bond acceptors (Lipinski definition) is 0. The van der Waals surface area contributed by atoms with Crippen molar-refractivity contribution < 1.29 is 0 Å². The summed E-state index contributed by atoms with van der Waals surface area (Å²) in [5.41, 5.74) is 13.8. The Hall–Kier alpha value is -4.88. The first kappa shape index (κ1) is 25.4. The minimum atomic E-state index is -0.0967. The highest BCUT2D eigenvalue weighted by Gasteiger charge is 2.43. The summed E-state index contributed by atoms with van der Waals surface area (Å²) in [7, 11) is 0. The molecule has 3 aliphatic rings. The van der Waals surface area contributed by atoms with E-state index < -0.39 is 0 Å². The van der Waals surface area contributed by atoms with Crippen molar-refractivity contribution in [1.29, 1.82) is 0 Å². The molecule has 216 valence electrons. The summed E-state index contributed by atoms with van der Waals surface area (Å²) >= 11 is 0. The largest absolute Gasteiger partial charge is 0.308 e. The molecule has 1 atom stereocenters. The van der Waals surface area contributed by atoms with E-state index in [4.69, 9.17) is 0 Å². The van der Waals surface area contributed by atoms with Gasteiger partial charge in [0.1, 0.15) is 0 Å². The number of para-hydroxylation sites is 2. The highest BCUT2D eigenvalue weighted by Crippen LogP contribution is 2.55. The van der Waals surface area contributed by atoms with Crippen LogP contribution in [0.4, 0.5) is 0 Å². The van der Waals surface area contributed by atoms with Crippen LogP contribution in [-0.2, 0) is 10.8 Å². The second-order valence-corrected chi connectivity index (χ2v) is 14.5. The molecule has 1 aromatic heterocycles. The van der Waals surface area contributed by atoms with Crippen molar-refractivity contribution in [2.75, 3.05) is 0 Å². The van der Waals surface area contributed by atoms with E-state index in [1.54, 1.807) is 0 Å². The standard InChI is InChI=1S/C44H35N/c1-43(2)36-13-8-12-34-35-24-31(25-39-41(35)45(40(34)36)42-37(43)14-9-15-38(42)44(39,3)4)28-19-21-33-30(23-28)17-16-29-22-27(18-20-32(29)33)26-10-6-5-7-11-26/h5-18,20-25,28H,19H2,1-4H3. The molecule has 1 unspecified atom stereocenters. The van der Waals surface area contributed by atoms with Gasteiger partial charge in [-0.15, -0.1) is 0 Å². The van der Waals surface area contributed by atoms with Gasteiger partial charge in [0.15, 0.2) is 0 Å². The van der Waals surface area contributed by atoms with E-state index in [-0.39, 0.29) is 10.8 Å². The Kier molecular flexibility index (Phi) is 4.77. The zero-order chi connectivity index (χ0) is 30.2. The number of nitrogens with zero attached hydrogens (tertiary/aromatic N) is 1. The van der Waals surface area contributed by atoms with Gasteiger partial charge in [-0.1, -0.05) is 137 Å². The zero-order valence-corrected chi connectivity index (χ0v) is 26.3. The molecule has 0 saturated heterocycles. The summed E-state index contributed by atoms with van der Waals surface area (Å²) in [5.74, 6) is 0.339. The Labute approximate surface area is 263 Å². The highest BCUT2D eigenvalue weighted by atomic mass is 15.0. The molecular formula is C44H35N. The Morgan fingerprint density at radius 2 is 1.31 bits per heavy atom. The molecule has 10 rings (SSSR count). The lowest BCUT2D eigenvalue weighted by Crippen LogP contribution is -2.33. The van der Waals surface area contributed by atoms with E-state index in [0.29, 0.717) is 5.92 Å². The summed E-state index contributed by atoms with van der Waals surface area (Å²) in [4.78, 5) is 0. The first-order chi connectivity index (χ1) is 21.8. The Morgan fingerprint density at radius 1 is 0.578 bits per heavy atom. The van der Waals surface area contributed by atoms with Crippen molar-refractivity contribution in [2.45, 2.75) is 50.9 Å². The lowest BCUT2D eigenvalue weighted by Gasteiger charge is -2.42. The molecule has 45 heavy (non-hydrogen) atoms. The van der Waals surface area contributed by atoms with E-state index in [9.17, 15) is 0 Å². The van der Waals surface area contributed by atoms with Gasteiger partial charge >= 0.3 is 0 Å². The van der Waals surface area contributed by atoms with Crippen LogP contribution in [0.3, 0.4) is 0 Å². The SMILES string of the molecule is CC1(C)c2cccc3c2-n2c4c1cccc4c1cc(C4C=c5ccc6cc(-c7ccccc7)ccc6c5=CC4)cc(c12)C3(C)C. The van der Waals surface area contributed by atoms with Crippen LogP contribution in [0, 0.1) is 0 Å². The fourth-order valence-corrected chi connectivity index (χ4v) is 9.03. The van der Waals surface area contributed by atoms with E-state index in [2.05, 4.69) is 154 Å². The van der Waals surface area contributed by atoms with Crippen LogP contribution < -0.4 is 10.4 Å². The lowest BCUT2D eigenvalue weighted by molar-refractivity contribution is 0.593. The second kappa shape index (κ2) is 8.43. The van der Waals surface area contributed by atoms with Crippen molar-refractivity contribution in [3.8, 4) is 16.8 Å². The lowest BCUT2D eigenvalue weighted by atomic mass is 9.68. The third-order valence-electron chi connectivity index (χ3n) is 11.4. The van der Waals surface area contributed by atoms with Gasteiger partial charge in [0.25, 0.3) is 0 Å². The minimum absolute atomic E-state index is 0.0495. The molecular weight excluding hydrogens is 542 g/mol. The zero-order valence-electron chi connectivity index (χ0n) is 26.3. The summed E-state index contributed by atoms with van der Waals surface area (Å²) in [5, 5.41) is 8.16. The van der Waals surface area contributed by atoms with Gasteiger partial charge in [0, 0.05) is 27.5 Å². The fraction of sp³-hybridized carbons (Fsp3) is 0.182. The molecule has 0 fully saturated rings. The molecule has 7 aromatic rings. The van der Waals surface area contributed by atoms with Crippen LogP contribution in [0.15, 0.2) is 109 Å². The average molecular weight is 578 g/mol. The molecule has 3 heterocycles. The van der Waals surface area contributed by atoms with Crippen molar-refractivity contribution in [2.24, 2.45) is 0 Å². The third kappa shape index (κ3) is 3.18. The van der Waals surface area contributed by atoms with Crippen LogP contribution >= 0.6 is 0 Å². The van der Waals surface area contributed by atoms with Gasteiger partial charge < -0.3 is 4.57 Å². The van der Waals surface area contributed by atoms with E-state index >= 15 is 0 Å². The second-order valence-electron chi connectivity index (χ2n) is 14.5. The number of benzene rings is 6. The summed E-state index contributed by atoms with van der Waals surface area (Å²) in [6, 6.07) is 41.4. The fourth-order valence-electron chi connectivity index (χ4n) is 9.03.